The lowest BCUT2D eigenvalue weighted by Crippen LogP contribution is -2.37. The summed E-state index contributed by atoms with van der Waals surface area (Å²) in [5.41, 5.74) is 6.17. The van der Waals surface area contributed by atoms with Gasteiger partial charge in [0.2, 0.25) is 0 Å². The minimum Gasteiger partial charge on any atom is -0.448 e. The molecule has 0 aromatic carbocycles. The molecule has 4 aliphatic heterocycles. The van der Waals surface area contributed by atoms with Crippen molar-refractivity contribution >= 4 is 77.6 Å². The van der Waals surface area contributed by atoms with Gasteiger partial charge in [0.1, 0.15) is 55.4 Å². The second-order valence-corrected chi connectivity index (χ2v) is 18.1. The number of nitrogens with one attached hydrogen (secondary N) is 2. The maximum atomic E-state index is 16.4. The Balaban J connectivity index is 0.995. The number of nitrogens with zero attached hydrogens (tertiary/aromatic N) is 8. The number of amides is 1. The number of carbonyl (C=O) groups excluding carboxylic acids is 1. The Kier molecular flexibility index (Phi) is 10.3. The van der Waals surface area contributed by atoms with Crippen LogP contribution < -0.4 is 16.4 Å². The molecular formula is C26H30F3N11O10P2S2. The third-order valence-corrected chi connectivity index (χ3v) is 12.1. The van der Waals surface area contributed by atoms with Gasteiger partial charge >= 0.3 is 19.6 Å². The van der Waals surface area contributed by atoms with Crippen molar-refractivity contribution in [1.82, 2.24) is 44.4 Å². The maximum Gasteiger partial charge on any atom is 0.412 e. The van der Waals surface area contributed by atoms with Crippen LogP contribution in [-0.2, 0) is 48.7 Å². The molecule has 4 saturated heterocycles. The third kappa shape index (κ3) is 7.42. The van der Waals surface area contributed by atoms with Crippen LogP contribution in [-0.4, -0.2) is 125 Å². The van der Waals surface area contributed by atoms with E-state index in [0.717, 1.165) is 19.0 Å². The van der Waals surface area contributed by atoms with Crippen LogP contribution in [0.25, 0.3) is 22.3 Å². The Morgan fingerprint density at radius 2 is 1.59 bits per heavy atom. The van der Waals surface area contributed by atoms with Crippen molar-refractivity contribution in [2.45, 2.75) is 67.8 Å². The fourth-order valence-corrected chi connectivity index (χ4v) is 9.37. The summed E-state index contributed by atoms with van der Waals surface area (Å²) in [4.78, 5) is 48.0. The zero-order valence-corrected chi connectivity index (χ0v) is 30.8. The Morgan fingerprint density at radius 3 is 2.26 bits per heavy atom. The zero-order chi connectivity index (χ0) is 37.9. The number of aromatic nitrogens is 8. The van der Waals surface area contributed by atoms with Crippen molar-refractivity contribution in [3.8, 4) is 0 Å². The average Bonchev–Trinajstić information content (AvgIpc) is 3.95. The van der Waals surface area contributed by atoms with E-state index >= 15 is 8.78 Å². The first kappa shape index (κ1) is 37.8. The molecule has 4 aromatic heterocycles. The van der Waals surface area contributed by atoms with Crippen molar-refractivity contribution in [2.75, 3.05) is 37.4 Å². The van der Waals surface area contributed by atoms with Gasteiger partial charge in [0, 0.05) is 12.6 Å². The number of ether oxygens (including phenoxy) is 3. The Labute approximate surface area is 311 Å². The molecule has 54 heavy (non-hydrogen) atoms. The second-order valence-electron chi connectivity index (χ2n) is 12.5. The monoisotopic (exact) mass is 839 g/mol. The third-order valence-electron chi connectivity index (χ3n) is 8.95. The number of thiol groups is 1. The quantitative estimate of drug-likeness (QED) is 0.142. The molecule has 292 valence electrons. The molecule has 21 nitrogen and oxygen atoms in total. The highest BCUT2D eigenvalue weighted by molar-refractivity contribution is 8.44. The van der Waals surface area contributed by atoms with Crippen LogP contribution in [0.2, 0.25) is 0 Å². The standard InChI is InChI=1S/C26H30F3N11O10P2S2/c27-10-1-11(31-2-10)3-44-26(41)38-21-17-23(35-7-33-21)40(9-37-17)25-15(29)19-13(48-25)5-46-51(42,53)49-18-12(4-45-52(43,54)50-19)47-24(14(18)28)39-8-36-16-20(30)32-6-34-22(16)39/h6-15,18-19,24-25,31H,1-5H2,(H,42,53)(H,43,54)(H2,30,32,34)(H,33,35,38,41)/t10-,11-,12?,13?,14+,15+,18+,19+,24+,25+,51?,52?/m0/s1. The zero-order valence-electron chi connectivity index (χ0n) is 27.3. The van der Waals surface area contributed by atoms with Crippen molar-refractivity contribution < 1.29 is 59.7 Å². The van der Waals surface area contributed by atoms with Crippen molar-refractivity contribution in [3.05, 3.63) is 25.3 Å². The summed E-state index contributed by atoms with van der Waals surface area (Å²) >= 11 is 9.22. The maximum absolute atomic E-state index is 16.4. The fourth-order valence-electron chi connectivity index (χ4n) is 6.45. The van der Waals surface area contributed by atoms with Crippen molar-refractivity contribution in [2.24, 2.45) is 0 Å². The molecule has 0 bridgehead atoms. The molecule has 8 rings (SSSR count). The topological polar surface area (TPSA) is 256 Å². The minimum atomic E-state index is -4.46. The van der Waals surface area contributed by atoms with Crippen LogP contribution in [0.4, 0.5) is 29.6 Å². The number of nitrogens with two attached hydrogens (primary N) is 1. The molecule has 8 heterocycles. The van der Waals surface area contributed by atoms with Gasteiger partial charge in [0.05, 0.1) is 25.9 Å². The molecule has 0 aliphatic carbocycles. The van der Waals surface area contributed by atoms with Gasteiger partial charge in [-0.2, -0.15) is 0 Å². The highest BCUT2D eigenvalue weighted by Crippen LogP contribution is 2.58. The molecule has 4 unspecified atom stereocenters. The molecule has 4 aliphatic rings. The summed E-state index contributed by atoms with van der Waals surface area (Å²) in [5, 5.41) is 5.33. The van der Waals surface area contributed by atoms with E-state index in [1.807, 2.05) is 0 Å². The Morgan fingerprint density at radius 1 is 0.981 bits per heavy atom. The number of carbonyl (C=O) groups is 1. The van der Waals surface area contributed by atoms with Crippen LogP contribution in [0.3, 0.4) is 0 Å². The molecule has 1 amide bonds. The van der Waals surface area contributed by atoms with Gasteiger partial charge in [-0.3, -0.25) is 28.0 Å². The largest absolute Gasteiger partial charge is 0.448 e. The molecule has 0 spiro atoms. The van der Waals surface area contributed by atoms with E-state index in [9.17, 15) is 18.6 Å². The summed E-state index contributed by atoms with van der Waals surface area (Å²) in [6.45, 7) is -10.1. The van der Waals surface area contributed by atoms with Crippen LogP contribution in [0.5, 0.6) is 0 Å². The van der Waals surface area contributed by atoms with Gasteiger partial charge in [-0.25, -0.2) is 52.4 Å². The smallest absolute Gasteiger partial charge is 0.412 e. The molecule has 4 aromatic rings. The van der Waals surface area contributed by atoms with Gasteiger partial charge in [-0.15, -0.1) is 0 Å². The lowest BCUT2D eigenvalue weighted by molar-refractivity contribution is -0.0564. The summed E-state index contributed by atoms with van der Waals surface area (Å²) in [5.74, 6) is -0.0508. The average molecular weight is 840 g/mol. The van der Waals surface area contributed by atoms with Gasteiger partial charge in [-0.1, -0.05) is 12.2 Å². The first-order valence-electron chi connectivity index (χ1n) is 16.1. The summed E-state index contributed by atoms with van der Waals surface area (Å²) in [6.07, 6.45) is -10.5. The van der Waals surface area contributed by atoms with E-state index in [-0.39, 0.29) is 59.6 Å². The van der Waals surface area contributed by atoms with E-state index in [4.69, 9.17) is 49.8 Å². The van der Waals surface area contributed by atoms with Crippen LogP contribution in [0, 0.1) is 0 Å². The highest BCUT2D eigenvalue weighted by Gasteiger charge is 2.54. The number of rotatable bonds is 5. The lowest BCUT2D eigenvalue weighted by atomic mass is 10.1. The fraction of sp³-hybridized carbons (Fsp3) is 0.577. The molecular weight excluding hydrogens is 809 g/mol. The normalized spacial score (nSPS) is 37.4. The van der Waals surface area contributed by atoms with Gasteiger partial charge in [-0.05, 0) is 18.2 Å². The first-order chi connectivity index (χ1) is 25.8. The van der Waals surface area contributed by atoms with Crippen molar-refractivity contribution in [3.63, 3.8) is 0 Å². The summed E-state index contributed by atoms with van der Waals surface area (Å²) in [6, 6.07) is -0.350. The van der Waals surface area contributed by atoms with Crippen LogP contribution in [0.1, 0.15) is 18.9 Å². The number of hydrogen-bond acceptors (Lipinski definition) is 18. The molecule has 4 fully saturated rings. The van der Waals surface area contributed by atoms with Crippen LogP contribution in [0.15, 0.2) is 25.3 Å². The highest BCUT2D eigenvalue weighted by atomic mass is 32.7. The molecule has 5 N–H and O–H groups in total. The second kappa shape index (κ2) is 14.7. The molecule has 0 saturated carbocycles. The Hall–Kier alpha value is -3.13. The molecule has 28 heteroatoms. The summed E-state index contributed by atoms with van der Waals surface area (Å²) < 4.78 is 101. The van der Waals surface area contributed by atoms with Gasteiger partial charge in [0.25, 0.3) is 0 Å². The number of anilines is 2. The van der Waals surface area contributed by atoms with Crippen LogP contribution >= 0.6 is 25.8 Å². The van der Waals surface area contributed by atoms with E-state index < -0.39 is 88.2 Å². The lowest BCUT2D eigenvalue weighted by Gasteiger charge is -2.29. The SMILES string of the molecule is Nc1ncnc2c1ncn2[C@@H]1OC2COP(O)(=S)O[C@@H]3C(COP(=O)(S)O[C@H]2[C@H]1F)O[C@@H](n1cnc2c(NC(=O)OC[C@@H]4C[C@H](F)CN4)ncnc21)[C@@H]3F. The van der Waals surface area contributed by atoms with Gasteiger partial charge < -0.3 is 34.7 Å². The van der Waals surface area contributed by atoms with E-state index in [1.54, 1.807) is 0 Å². The summed E-state index contributed by atoms with van der Waals surface area (Å²) in [7, 11) is 0. The Bertz CT molecular complexity index is 2160. The predicted octanol–water partition coefficient (Wildman–Crippen LogP) is 2.04. The number of halogens is 3. The minimum absolute atomic E-state index is 0.000123. The molecule has 12 atom stereocenters. The van der Waals surface area contributed by atoms with Gasteiger partial charge in [0.15, 0.2) is 53.2 Å². The van der Waals surface area contributed by atoms with E-state index in [1.165, 1.54) is 15.5 Å². The first-order valence-corrected chi connectivity index (χ1v) is 21.4. The van der Waals surface area contributed by atoms with Crippen molar-refractivity contribution in [1.29, 1.82) is 0 Å². The predicted molar refractivity (Wildman–Crippen MR) is 184 cm³/mol. The number of alkyl halides is 3. The number of nitrogen functional groups attached to an aromatic ring is 1. The molecule has 0 radical (unpaired) electrons. The van der Waals surface area contributed by atoms with E-state index in [0.29, 0.717) is 0 Å². The number of hydrogen-bond donors (Lipinski definition) is 5. The van der Waals surface area contributed by atoms with E-state index in [2.05, 4.69) is 52.8 Å². The number of fused-ring (bicyclic) bond motifs is 4. The number of imidazole rings is 2.